The van der Waals surface area contributed by atoms with Crippen molar-refractivity contribution in [3.8, 4) is 0 Å². The highest BCUT2D eigenvalue weighted by Crippen LogP contribution is 2.37. The summed E-state index contributed by atoms with van der Waals surface area (Å²) in [7, 11) is 0. The van der Waals surface area contributed by atoms with E-state index in [1.165, 1.54) is 19.3 Å². The van der Waals surface area contributed by atoms with Crippen molar-refractivity contribution in [2.24, 2.45) is 5.92 Å². The molecule has 4 nitrogen and oxygen atoms in total. The van der Waals surface area contributed by atoms with Gasteiger partial charge in [-0.1, -0.05) is 26.7 Å². The molecule has 1 N–H and O–H groups in total. The average Bonchev–Trinajstić information content (AvgIpc) is 3.13. The zero-order valence-electron chi connectivity index (χ0n) is 13.6. The third kappa shape index (κ3) is 3.11. The SMILES string of the molecule is CC(C)CC1NC2(CCCC2)C(=O)N1CCC1CCCO1. The Labute approximate surface area is 128 Å². The lowest BCUT2D eigenvalue weighted by Gasteiger charge is -2.26. The number of carbonyl (C=O) groups excluding carboxylic acids is 1. The van der Waals surface area contributed by atoms with E-state index in [1.54, 1.807) is 0 Å². The highest BCUT2D eigenvalue weighted by atomic mass is 16.5. The zero-order chi connectivity index (χ0) is 14.9. The Bertz CT molecular complexity index is 371. The van der Waals surface area contributed by atoms with Crippen LogP contribution in [-0.2, 0) is 9.53 Å². The summed E-state index contributed by atoms with van der Waals surface area (Å²) in [5.74, 6) is 0.973. The van der Waals surface area contributed by atoms with Crippen molar-refractivity contribution < 1.29 is 9.53 Å². The van der Waals surface area contributed by atoms with E-state index >= 15 is 0 Å². The number of rotatable bonds is 5. The van der Waals surface area contributed by atoms with Crippen molar-refractivity contribution in [2.45, 2.75) is 83.0 Å². The molecule has 0 aromatic rings. The van der Waals surface area contributed by atoms with Gasteiger partial charge in [0.1, 0.15) is 0 Å². The monoisotopic (exact) mass is 294 g/mol. The summed E-state index contributed by atoms with van der Waals surface area (Å²) in [6.45, 7) is 6.24. The first-order chi connectivity index (χ1) is 10.1. The van der Waals surface area contributed by atoms with Crippen LogP contribution in [0.3, 0.4) is 0 Å². The van der Waals surface area contributed by atoms with Gasteiger partial charge in [-0.25, -0.2) is 0 Å². The standard InChI is InChI=1S/C17H30N2O2/c1-13(2)12-15-18-17(8-3-4-9-17)16(20)19(15)10-7-14-6-5-11-21-14/h13-15,18H,3-12H2,1-2H3. The largest absolute Gasteiger partial charge is 0.378 e. The molecule has 4 heteroatoms. The summed E-state index contributed by atoms with van der Waals surface area (Å²) in [6, 6.07) is 0. The fraction of sp³-hybridized carbons (Fsp3) is 0.941. The van der Waals surface area contributed by atoms with E-state index in [0.29, 0.717) is 17.9 Å². The molecule has 2 atom stereocenters. The molecule has 2 heterocycles. The number of nitrogens with zero attached hydrogens (tertiary/aromatic N) is 1. The third-order valence-electron chi connectivity index (χ3n) is 5.36. The average molecular weight is 294 g/mol. The molecule has 120 valence electrons. The van der Waals surface area contributed by atoms with Gasteiger partial charge in [0.15, 0.2) is 0 Å². The lowest BCUT2D eigenvalue weighted by atomic mass is 9.98. The summed E-state index contributed by atoms with van der Waals surface area (Å²) < 4.78 is 5.72. The fourth-order valence-electron chi connectivity index (χ4n) is 4.26. The Hall–Kier alpha value is -0.610. The minimum atomic E-state index is -0.226. The van der Waals surface area contributed by atoms with E-state index in [0.717, 1.165) is 45.3 Å². The molecule has 1 spiro atoms. The van der Waals surface area contributed by atoms with Crippen LogP contribution in [0.1, 0.15) is 65.2 Å². The van der Waals surface area contributed by atoms with Gasteiger partial charge in [-0.15, -0.1) is 0 Å². The van der Waals surface area contributed by atoms with Gasteiger partial charge in [-0.2, -0.15) is 0 Å². The third-order valence-corrected chi connectivity index (χ3v) is 5.36. The highest BCUT2D eigenvalue weighted by molar-refractivity contribution is 5.89. The minimum absolute atomic E-state index is 0.226. The lowest BCUT2D eigenvalue weighted by Crippen LogP contribution is -2.44. The summed E-state index contributed by atoms with van der Waals surface area (Å²) >= 11 is 0. The molecule has 0 aromatic heterocycles. The normalized spacial score (nSPS) is 32.0. The van der Waals surface area contributed by atoms with Crippen molar-refractivity contribution in [1.82, 2.24) is 10.2 Å². The van der Waals surface area contributed by atoms with Crippen LogP contribution in [0.5, 0.6) is 0 Å². The molecule has 2 unspecified atom stereocenters. The van der Waals surface area contributed by atoms with Crippen molar-refractivity contribution in [2.75, 3.05) is 13.2 Å². The van der Waals surface area contributed by atoms with Crippen LogP contribution in [0, 0.1) is 5.92 Å². The molecule has 0 radical (unpaired) electrons. The van der Waals surface area contributed by atoms with Gasteiger partial charge in [-0.3, -0.25) is 10.1 Å². The first kappa shape index (κ1) is 15.3. The minimum Gasteiger partial charge on any atom is -0.378 e. The Kier molecular flexibility index (Phi) is 4.55. The van der Waals surface area contributed by atoms with Crippen molar-refractivity contribution >= 4 is 5.91 Å². The van der Waals surface area contributed by atoms with E-state index in [2.05, 4.69) is 24.1 Å². The molecule has 3 aliphatic rings. The summed E-state index contributed by atoms with van der Waals surface area (Å²) in [5, 5.41) is 3.71. The Balaban J connectivity index is 1.66. The highest BCUT2D eigenvalue weighted by Gasteiger charge is 2.51. The van der Waals surface area contributed by atoms with Crippen LogP contribution in [0.15, 0.2) is 0 Å². The van der Waals surface area contributed by atoms with Gasteiger partial charge >= 0.3 is 0 Å². The molecule has 2 aliphatic heterocycles. The predicted molar refractivity (Wildman–Crippen MR) is 82.9 cm³/mol. The van der Waals surface area contributed by atoms with Gasteiger partial charge < -0.3 is 9.64 Å². The summed E-state index contributed by atoms with van der Waals surface area (Å²) in [5.41, 5.74) is -0.226. The number of hydrogen-bond acceptors (Lipinski definition) is 3. The van der Waals surface area contributed by atoms with E-state index < -0.39 is 0 Å². The quantitative estimate of drug-likeness (QED) is 0.847. The fourth-order valence-corrected chi connectivity index (χ4v) is 4.26. The second kappa shape index (κ2) is 6.25. The molecule has 3 rings (SSSR count). The van der Waals surface area contributed by atoms with E-state index in [-0.39, 0.29) is 11.7 Å². The Morgan fingerprint density at radius 1 is 1.33 bits per heavy atom. The first-order valence-corrected chi connectivity index (χ1v) is 8.81. The number of nitrogens with one attached hydrogen (secondary N) is 1. The summed E-state index contributed by atoms with van der Waals surface area (Å²) in [4.78, 5) is 15.1. The van der Waals surface area contributed by atoms with Crippen LogP contribution in [0.4, 0.5) is 0 Å². The second-order valence-corrected chi connectivity index (χ2v) is 7.50. The molecule has 0 bridgehead atoms. The number of ether oxygens (including phenoxy) is 1. The van der Waals surface area contributed by atoms with Crippen molar-refractivity contribution in [1.29, 1.82) is 0 Å². The maximum atomic E-state index is 12.9. The van der Waals surface area contributed by atoms with Gasteiger partial charge in [0.05, 0.1) is 17.8 Å². The predicted octanol–water partition coefficient (Wildman–Crippen LogP) is 2.67. The second-order valence-electron chi connectivity index (χ2n) is 7.50. The number of carbonyl (C=O) groups is 1. The molecule has 21 heavy (non-hydrogen) atoms. The molecular formula is C17H30N2O2. The smallest absolute Gasteiger partial charge is 0.244 e. The van der Waals surface area contributed by atoms with Gasteiger partial charge in [-0.05, 0) is 44.4 Å². The van der Waals surface area contributed by atoms with Crippen molar-refractivity contribution in [3.05, 3.63) is 0 Å². The molecule has 0 aromatic carbocycles. The molecular weight excluding hydrogens is 264 g/mol. The van der Waals surface area contributed by atoms with E-state index in [4.69, 9.17) is 4.74 Å². The topological polar surface area (TPSA) is 41.6 Å². The first-order valence-electron chi connectivity index (χ1n) is 8.81. The lowest BCUT2D eigenvalue weighted by molar-refractivity contribution is -0.133. The molecule has 1 aliphatic carbocycles. The number of amides is 1. The molecule has 1 saturated carbocycles. The van der Waals surface area contributed by atoms with Gasteiger partial charge in [0.25, 0.3) is 0 Å². The van der Waals surface area contributed by atoms with Crippen LogP contribution in [0.2, 0.25) is 0 Å². The maximum absolute atomic E-state index is 12.9. The zero-order valence-corrected chi connectivity index (χ0v) is 13.6. The number of hydrogen-bond donors (Lipinski definition) is 1. The van der Waals surface area contributed by atoms with Gasteiger partial charge in [0.2, 0.25) is 5.91 Å². The maximum Gasteiger partial charge on any atom is 0.244 e. The van der Waals surface area contributed by atoms with Crippen LogP contribution in [0.25, 0.3) is 0 Å². The van der Waals surface area contributed by atoms with Gasteiger partial charge in [0, 0.05) is 13.2 Å². The van der Waals surface area contributed by atoms with Crippen LogP contribution < -0.4 is 5.32 Å². The molecule has 2 saturated heterocycles. The van der Waals surface area contributed by atoms with E-state index in [9.17, 15) is 4.79 Å². The van der Waals surface area contributed by atoms with E-state index in [1.807, 2.05) is 0 Å². The van der Waals surface area contributed by atoms with Crippen LogP contribution >= 0.6 is 0 Å². The van der Waals surface area contributed by atoms with Crippen molar-refractivity contribution in [3.63, 3.8) is 0 Å². The Morgan fingerprint density at radius 2 is 2.10 bits per heavy atom. The van der Waals surface area contributed by atoms with Crippen LogP contribution in [-0.4, -0.2) is 41.8 Å². The molecule has 1 amide bonds. The summed E-state index contributed by atoms with van der Waals surface area (Å²) in [6.07, 6.45) is 9.42. The molecule has 3 fully saturated rings. The Morgan fingerprint density at radius 3 is 2.71 bits per heavy atom.